The highest BCUT2D eigenvalue weighted by molar-refractivity contribution is 5.99. The van der Waals surface area contributed by atoms with Crippen molar-refractivity contribution >= 4 is 17.5 Å². The SMILES string of the molecule is CCN(CC(=O)Nc1ccc(OC)cc1)C(=O)c1ccc(-n2cccc2)cc1. The lowest BCUT2D eigenvalue weighted by molar-refractivity contribution is -0.116. The van der Waals surface area contributed by atoms with Gasteiger partial charge < -0.3 is 19.5 Å². The predicted octanol–water partition coefficient (Wildman–Crippen LogP) is 3.59. The third-order valence-electron chi connectivity index (χ3n) is 4.39. The van der Waals surface area contributed by atoms with Gasteiger partial charge in [0.2, 0.25) is 5.91 Å². The Morgan fingerprint density at radius 2 is 1.64 bits per heavy atom. The number of aromatic nitrogens is 1. The summed E-state index contributed by atoms with van der Waals surface area (Å²) in [6.07, 6.45) is 3.89. The largest absolute Gasteiger partial charge is 0.497 e. The molecule has 1 aromatic heterocycles. The van der Waals surface area contributed by atoms with Gasteiger partial charge in [0.05, 0.1) is 7.11 Å². The minimum absolute atomic E-state index is 0.0132. The fraction of sp³-hybridized carbons (Fsp3) is 0.182. The Morgan fingerprint density at radius 3 is 2.21 bits per heavy atom. The molecule has 0 saturated carbocycles. The van der Waals surface area contributed by atoms with Crippen molar-refractivity contribution in [1.82, 2.24) is 9.47 Å². The lowest BCUT2D eigenvalue weighted by Gasteiger charge is -2.20. The van der Waals surface area contributed by atoms with Gasteiger partial charge in [0, 0.05) is 35.9 Å². The van der Waals surface area contributed by atoms with Crippen LogP contribution in [0, 0.1) is 0 Å². The molecule has 0 fully saturated rings. The van der Waals surface area contributed by atoms with Gasteiger partial charge in [-0.25, -0.2) is 0 Å². The summed E-state index contributed by atoms with van der Waals surface area (Å²) in [5, 5.41) is 2.80. The van der Waals surface area contributed by atoms with E-state index in [-0.39, 0.29) is 18.4 Å². The maximum absolute atomic E-state index is 12.8. The molecule has 3 rings (SSSR count). The Labute approximate surface area is 164 Å². The smallest absolute Gasteiger partial charge is 0.254 e. The highest BCUT2D eigenvalue weighted by Gasteiger charge is 2.17. The Bertz CT molecular complexity index is 917. The second-order valence-electron chi connectivity index (χ2n) is 6.23. The zero-order chi connectivity index (χ0) is 19.9. The van der Waals surface area contributed by atoms with Crippen LogP contribution in [0.1, 0.15) is 17.3 Å². The van der Waals surface area contributed by atoms with E-state index in [2.05, 4.69) is 5.32 Å². The number of rotatable bonds is 7. The van der Waals surface area contributed by atoms with Gasteiger partial charge in [-0.2, -0.15) is 0 Å². The maximum Gasteiger partial charge on any atom is 0.254 e. The Balaban J connectivity index is 1.63. The van der Waals surface area contributed by atoms with E-state index in [1.54, 1.807) is 43.5 Å². The number of hydrogen-bond acceptors (Lipinski definition) is 3. The highest BCUT2D eigenvalue weighted by Crippen LogP contribution is 2.15. The van der Waals surface area contributed by atoms with E-state index in [0.29, 0.717) is 23.5 Å². The van der Waals surface area contributed by atoms with Crippen LogP contribution in [-0.4, -0.2) is 41.5 Å². The summed E-state index contributed by atoms with van der Waals surface area (Å²) in [4.78, 5) is 26.6. The molecule has 1 heterocycles. The van der Waals surface area contributed by atoms with Crippen molar-refractivity contribution in [3.05, 3.63) is 78.6 Å². The minimum atomic E-state index is -0.246. The van der Waals surface area contributed by atoms with Crippen molar-refractivity contribution < 1.29 is 14.3 Å². The van der Waals surface area contributed by atoms with Crippen LogP contribution < -0.4 is 10.1 Å². The number of likely N-dealkylation sites (N-methyl/N-ethyl adjacent to an activating group) is 1. The van der Waals surface area contributed by atoms with Gasteiger partial charge in [-0.15, -0.1) is 0 Å². The third-order valence-corrected chi connectivity index (χ3v) is 4.39. The average Bonchev–Trinajstić information content (AvgIpc) is 3.27. The van der Waals surface area contributed by atoms with Gasteiger partial charge in [-0.3, -0.25) is 9.59 Å². The van der Waals surface area contributed by atoms with Crippen LogP contribution in [0.2, 0.25) is 0 Å². The molecule has 6 nitrogen and oxygen atoms in total. The van der Waals surface area contributed by atoms with E-state index in [1.807, 2.05) is 48.1 Å². The Morgan fingerprint density at radius 1 is 1.00 bits per heavy atom. The number of ether oxygens (including phenoxy) is 1. The van der Waals surface area contributed by atoms with Gasteiger partial charge >= 0.3 is 0 Å². The summed E-state index contributed by atoms with van der Waals surface area (Å²) in [6, 6.07) is 18.3. The van der Waals surface area contributed by atoms with Gasteiger partial charge in [-0.05, 0) is 67.6 Å². The first-order valence-corrected chi connectivity index (χ1v) is 9.07. The van der Waals surface area contributed by atoms with Crippen LogP contribution in [0.3, 0.4) is 0 Å². The summed E-state index contributed by atoms with van der Waals surface area (Å²) >= 11 is 0. The van der Waals surface area contributed by atoms with Crippen LogP contribution in [-0.2, 0) is 4.79 Å². The third kappa shape index (κ3) is 4.59. The zero-order valence-electron chi connectivity index (χ0n) is 16.0. The number of nitrogens with one attached hydrogen (secondary N) is 1. The molecule has 0 unspecified atom stereocenters. The van der Waals surface area contributed by atoms with Crippen molar-refractivity contribution in [3.63, 3.8) is 0 Å². The van der Waals surface area contributed by atoms with Crippen molar-refractivity contribution in [3.8, 4) is 11.4 Å². The quantitative estimate of drug-likeness (QED) is 0.684. The summed E-state index contributed by atoms with van der Waals surface area (Å²) in [6.45, 7) is 2.28. The van der Waals surface area contributed by atoms with E-state index in [1.165, 1.54) is 4.90 Å². The minimum Gasteiger partial charge on any atom is -0.497 e. The second kappa shape index (κ2) is 8.90. The zero-order valence-corrected chi connectivity index (χ0v) is 16.0. The molecular formula is C22H23N3O3. The van der Waals surface area contributed by atoms with E-state index in [4.69, 9.17) is 4.74 Å². The molecule has 0 radical (unpaired) electrons. The van der Waals surface area contributed by atoms with Crippen LogP contribution in [0.5, 0.6) is 5.75 Å². The first-order chi connectivity index (χ1) is 13.6. The molecule has 0 saturated heterocycles. The maximum atomic E-state index is 12.8. The highest BCUT2D eigenvalue weighted by atomic mass is 16.5. The number of benzene rings is 2. The second-order valence-corrected chi connectivity index (χ2v) is 6.23. The van der Waals surface area contributed by atoms with E-state index < -0.39 is 0 Å². The molecule has 144 valence electrons. The lowest BCUT2D eigenvalue weighted by Crippen LogP contribution is -2.37. The van der Waals surface area contributed by atoms with E-state index in [9.17, 15) is 9.59 Å². The molecule has 0 aliphatic heterocycles. The number of carbonyl (C=O) groups is 2. The summed E-state index contributed by atoms with van der Waals surface area (Å²) in [5.41, 5.74) is 2.18. The van der Waals surface area contributed by atoms with Crippen molar-refractivity contribution in [2.24, 2.45) is 0 Å². The molecule has 1 N–H and O–H groups in total. The molecule has 0 spiro atoms. The fourth-order valence-electron chi connectivity index (χ4n) is 2.84. The standard InChI is InChI=1S/C22H23N3O3/c1-3-24(16-21(26)23-18-8-12-20(28-2)13-9-18)22(27)17-6-10-19(11-7-17)25-14-4-5-15-25/h4-15H,3,16H2,1-2H3,(H,23,26). The topological polar surface area (TPSA) is 63.6 Å². The fourth-order valence-corrected chi connectivity index (χ4v) is 2.84. The molecule has 2 amide bonds. The molecule has 0 bridgehead atoms. The van der Waals surface area contributed by atoms with Crippen LogP contribution in [0.25, 0.3) is 5.69 Å². The monoisotopic (exact) mass is 377 g/mol. The van der Waals surface area contributed by atoms with Crippen molar-refractivity contribution in [1.29, 1.82) is 0 Å². The first kappa shape index (κ1) is 19.2. The average molecular weight is 377 g/mol. The molecule has 0 atom stereocenters. The number of amides is 2. The Kier molecular flexibility index (Phi) is 6.11. The molecule has 3 aromatic rings. The van der Waals surface area contributed by atoms with Gasteiger partial charge in [-0.1, -0.05) is 0 Å². The van der Waals surface area contributed by atoms with Crippen LogP contribution in [0.4, 0.5) is 5.69 Å². The van der Waals surface area contributed by atoms with Crippen molar-refractivity contribution in [2.75, 3.05) is 25.5 Å². The number of hydrogen-bond donors (Lipinski definition) is 1. The van der Waals surface area contributed by atoms with Gasteiger partial charge in [0.1, 0.15) is 12.3 Å². The molecular weight excluding hydrogens is 354 g/mol. The number of methoxy groups -OCH3 is 1. The number of anilines is 1. The molecule has 28 heavy (non-hydrogen) atoms. The van der Waals surface area contributed by atoms with Gasteiger partial charge in [0.25, 0.3) is 5.91 Å². The van der Waals surface area contributed by atoms with E-state index >= 15 is 0 Å². The molecule has 0 aliphatic carbocycles. The number of carbonyl (C=O) groups excluding carboxylic acids is 2. The molecule has 2 aromatic carbocycles. The molecule has 6 heteroatoms. The van der Waals surface area contributed by atoms with E-state index in [0.717, 1.165) is 5.69 Å². The summed E-state index contributed by atoms with van der Waals surface area (Å²) in [5.74, 6) is 0.294. The summed E-state index contributed by atoms with van der Waals surface area (Å²) < 4.78 is 7.07. The van der Waals surface area contributed by atoms with Crippen LogP contribution >= 0.6 is 0 Å². The normalized spacial score (nSPS) is 10.4. The summed E-state index contributed by atoms with van der Waals surface area (Å²) in [7, 11) is 1.59. The number of nitrogens with zero attached hydrogens (tertiary/aromatic N) is 2. The van der Waals surface area contributed by atoms with Crippen molar-refractivity contribution in [2.45, 2.75) is 6.92 Å². The first-order valence-electron chi connectivity index (χ1n) is 9.07. The lowest BCUT2D eigenvalue weighted by atomic mass is 10.1. The van der Waals surface area contributed by atoms with Crippen LogP contribution in [0.15, 0.2) is 73.1 Å². The van der Waals surface area contributed by atoms with Gasteiger partial charge in [0.15, 0.2) is 0 Å². The predicted molar refractivity (Wildman–Crippen MR) is 109 cm³/mol. The Hall–Kier alpha value is -3.54. The molecule has 0 aliphatic rings.